The molecular weight excluding hydrogens is 266 g/mol. The largest absolute Gasteiger partial charge is 0.465 e. The number of aryl methyl sites for hydroxylation is 1. The zero-order chi connectivity index (χ0) is 15.6. The van der Waals surface area contributed by atoms with Crippen molar-refractivity contribution in [2.45, 2.75) is 39.2 Å². The minimum atomic E-state index is -0.766. The highest BCUT2D eigenvalue weighted by Gasteiger charge is 2.34. The Balaban J connectivity index is 2.31. The smallest absolute Gasteiger partial charge is 0.328 e. The molecule has 0 aliphatic rings. The van der Waals surface area contributed by atoms with Crippen LogP contribution in [0.3, 0.4) is 0 Å². The number of hydrogen-bond donors (Lipinski definition) is 1. The Labute approximate surface area is 127 Å². The minimum Gasteiger partial charge on any atom is -0.465 e. The lowest BCUT2D eigenvalue weighted by molar-refractivity contribution is -0.153. The van der Waals surface area contributed by atoms with Gasteiger partial charge in [-0.25, -0.2) is 4.79 Å². The topological polar surface area (TPSA) is 47.6 Å². The van der Waals surface area contributed by atoms with Crippen molar-refractivity contribution in [3.8, 4) is 0 Å². The van der Waals surface area contributed by atoms with Gasteiger partial charge in [-0.3, -0.25) is 0 Å². The van der Waals surface area contributed by atoms with Crippen LogP contribution >= 0.6 is 0 Å². The Morgan fingerprint density at radius 1 is 1.24 bits per heavy atom. The van der Waals surface area contributed by atoms with Gasteiger partial charge in [0, 0.05) is 6.61 Å². The number of carbonyl (C=O) groups is 1. The normalized spacial score (nSPS) is 13.7. The maximum Gasteiger partial charge on any atom is 0.328 e. The number of hydrogen-bond acceptors (Lipinski definition) is 4. The van der Waals surface area contributed by atoms with Crippen LogP contribution in [0.5, 0.6) is 0 Å². The Morgan fingerprint density at radius 2 is 1.95 bits per heavy atom. The van der Waals surface area contributed by atoms with Crippen LogP contribution in [-0.2, 0) is 20.7 Å². The molecule has 0 spiro atoms. The van der Waals surface area contributed by atoms with Gasteiger partial charge in [-0.05, 0) is 38.8 Å². The van der Waals surface area contributed by atoms with Gasteiger partial charge in [0.25, 0.3) is 0 Å². The van der Waals surface area contributed by atoms with Crippen molar-refractivity contribution in [3.05, 3.63) is 35.9 Å². The second kappa shape index (κ2) is 9.53. The zero-order valence-electron chi connectivity index (χ0n) is 13.4. The third kappa shape index (κ3) is 6.27. The lowest BCUT2D eigenvalue weighted by Crippen LogP contribution is -2.54. The van der Waals surface area contributed by atoms with E-state index in [-0.39, 0.29) is 5.97 Å². The molecule has 0 amide bonds. The highest BCUT2D eigenvalue weighted by molar-refractivity contribution is 5.80. The Bertz CT molecular complexity index is 408. The molecule has 0 saturated heterocycles. The predicted octanol–water partition coefficient (Wildman–Crippen LogP) is 2.57. The second-order valence-electron chi connectivity index (χ2n) is 5.22. The van der Waals surface area contributed by atoms with Gasteiger partial charge in [-0.1, -0.05) is 37.3 Å². The third-order valence-corrected chi connectivity index (χ3v) is 3.28. The average Bonchev–Trinajstić information content (AvgIpc) is 2.48. The Kier molecular flexibility index (Phi) is 8.01. The van der Waals surface area contributed by atoms with E-state index in [9.17, 15) is 4.79 Å². The van der Waals surface area contributed by atoms with Gasteiger partial charge in [0.1, 0.15) is 5.54 Å². The third-order valence-electron chi connectivity index (χ3n) is 3.28. The first-order valence-corrected chi connectivity index (χ1v) is 7.66. The van der Waals surface area contributed by atoms with E-state index < -0.39 is 5.54 Å². The quantitative estimate of drug-likeness (QED) is 0.532. The zero-order valence-corrected chi connectivity index (χ0v) is 13.4. The van der Waals surface area contributed by atoms with Gasteiger partial charge in [-0.15, -0.1) is 0 Å². The molecule has 4 heteroatoms. The summed E-state index contributed by atoms with van der Waals surface area (Å²) in [6, 6.07) is 10.3. The van der Waals surface area contributed by atoms with Crippen molar-refractivity contribution >= 4 is 5.97 Å². The molecule has 1 aromatic rings. The second-order valence-corrected chi connectivity index (χ2v) is 5.22. The fraction of sp³-hybridized carbons (Fsp3) is 0.588. The monoisotopic (exact) mass is 293 g/mol. The molecule has 1 aromatic carbocycles. The van der Waals surface area contributed by atoms with Crippen LogP contribution in [0.4, 0.5) is 0 Å². The number of nitrogens with one attached hydrogen (secondary N) is 1. The Morgan fingerprint density at radius 3 is 2.57 bits per heavy atom. The maximum absolute atomic E-state index is 12.0. The molecule has 1 atom stereocenters. The SMILES string of the molecule is CCNC(C)(COCCCc1ccccc1)C(=O)OCC. The van der Waals surface area contributed by atoms with Gasteiger partial charge in [0.2, 0.25) is 0 Å². The number of carbonyl (C=O) groups excluding carboxylic acids is 1. The van der Waals surface area contributed by atoms with E-state index in [1.807, 2.05) is 39.0 Å². The summed E-state index contributed by atoms with van der Waals surface area (Å²) in [7, 11) is 0. The molecule has 0 fully saturated rings. The summed E-state index contributed by atoms with van der Waals surface area (Å²) in [4.78, 5) is 12.0. The summed E-state index contributed by atoms with van der Waals surface area (Å²) in [5.41, 5.74) is 0.540. The van der Waals surface area contributed by atoms with Crippen LogP contribution in [0.1, 0.15) is 32.8 Å². The standard InChI is InChI=1S/C17H27NO3/c1-4-18-17(3,16(19)21-5-2)14-20-13-9-12-15-10-7-6-8-11-15/h6-8,10-11,18H,4-5,9,12-14H2,1-3H3. The molecule has 1 rings (SSSR count). The van der Waals surface area contributed by atoms with Crippen LogP contribution in [0.15, 0.2) is 30.3 Å². The van der Waals surface area contributed by atoms with E-state index in [1.54, 1.807) is 0 Å². The van der Waals surface area contributed by atoms with Crippen LogP contribution in [0, 0.1) is 0 Å². The maximum atomic E-state index is 12.0. The lowest BCUT2D eigenvalue weighted by atomic mass is 10.0. The molecule has 1 N–H and O–H groups in total. The first-order valence-electron chi connectivity index (χ1n) is 7.66. The molecule has 0 saturated carbocycles. The fourth-order valence-corrected chi connectivity index (χ4v) is 2.16. The van der Waals surface area contributed by atoms with Gasteiger partial charge in [0.15, 0.2) is 0 Å². The molecule has 4 nitrogen and oxygen atoms in total. The van der Waals surface area contributed by atoms with Crippen molar-refractivity contribution < 1.29 is 14.3 Å². The van der Waals surface area contributed by atoms with Gasteiger partial charge < -0.3 is 14.8 Å². The van der Waals surface area contributed by atoms with E-state index in [2.05, 4.69) is 17.4 Å². The number of rotatable bonds is 10. The predicted molar refractivity (Wildman–Crippen MR) is 84.3 cm³/mol. The van der Waals surface area contributed by atoms with E-state index in [0.29, 0.717) is 26.4 Å². The van der Waals surface area contributed by atoms with Gasteiger partial charge in [-0.2, -0.15) is 0 Å². The first-order chi connectivity index (χ1) is 10.1. The number of benzene rings is 1. The number of ether oxygens (including phenoxy) is 2. The number of esters is 1. The molecule has 0 heterocycles. The molecule has 118 valence electrons. The summed E-state index contributed by atoms with van der Waals surface area (Å²) in [5.74, 6) is -0.255. The Hall–Kier alpha value is -1.39. The van der Waals surface area contributed by atoms with E-state index in [4.69, 9.17) is 9.47 Å². The van der Waals surface area contributed by atoms with Crippen LogP contribution in [0.2, 0.25) is 0 Å². The van der Waals surface area contributed by atoms with Crippen LogP contribution < -0.4 is 5.32 Å². The average molecular weight is 293 g/mol. The summed E-state index contributed by atoms with van der Waals surface area (Å²) >= 11 is 0. The summed E-state index contributed by atoms with van der Waals surface area (Å²) < 4.78 is 10.8. The minimum absolute atomic E-state index is 0.255. The van der Waals surface area contributed by atoms with Crippen molar-refractivity contribution in [3.63, 3.8) is 0 Å². The summed E-state index contributed by atoms with van der Waals surface area (Å²) in [6.45, 7) is 7.64. The van der Waals surface area contributed by atoms with Crippen LogP contribution in [-0.4, -0.2) is 37.9 Å². The van der Waals surface area contributed by atoms with Crippen molar-refractivity contribution in [2.24, 2.45) is 0 Å². The fourth-order valence-electron chi connectivity index (χ4n) is 2.16. The molecule has 21 heavy (non-hydrogen) atoms. The van der Waals surface area contributed by atoms with Gasteiger partial charge in [0.05, 0.1) is 13.2 Å². The first kappa shape index (κ1) is 17.7. The highest BCUT2D eigenvalue weighted by Crippen LogP contribution is 2.09. The molecule has 1 unspecified atom stereocenters. The number of likely N-dealkylation sites (N-methyl/N-ethyl adjacent to an activating group) is 1. The van der Waals surface area contributed by atoms with E-state index in [1.165, 1.54) is 5.56 Å². The lowest BCUT2D eigenvalue weighted by Gasteiger charge is -2.27. The van der Waals surface area contributed by atoms with Gasteiger partial charge >= 0.3 is 5.97 Å². The molecule has 0 aliphatic carbocycles. The molecule has 0 bridgehead atoms. The summed E-state index contributed by atoms with van der Waals surface area (Å²) in [5, 5.41) is 3.15. The van der Waals surface area contributed by atoms with E-state index >= 15 is 0 Å². The van der Waals surface area contributed by atoms with Crippen LogP contribution in [0.25, 0.3) is 0 Å². The highest BCUT2D eigenvalue weighted by atomic mass is 16.5. The molecule has 0 aliphatic heterocycles. The van der Waals surface area contributed by atoms with Crippen molar-refractivity contribution in [1.82, 2.24) is 5.32 Å². The molecular formula is C17H27NO3. The molecule has 0 radical (unpaired) electrons. The molecule has 0 aromatic heterocycles. The summed E-state index contributed by atoms with van der Waals surface area (Å²) in [6.07, 6.45) is 1.92. The van der Waals surface area contributed by atoms with Crippen molar-refractivity contribution in [2.75, 3.05) is 26.4 Å². The van der Waals surface area contributed by atoms with E-state index in [0.717, 1.165) is 12.8 Å². The van der Waals surface area contributed by atoms with Crippen molar-refractivity contribution in [1.29, 1.82) is 0 Å².